The zero-order valence-corrected chi connectivity index (χ0v) is 7.40. The highest BCUT2D eigenvalue weighted by Crippen LogP contribution is 1.96. The summed E-state index contributed by atoms with van der Waals surface area (Å²) in [4.78, 5) is 0. The summed E-state index contributed by atoms with van der Waals surface area (Å²) in [5, 5.41) is 1.12. The highest BCUT2D eigenvalue weighted by atomic mass is 28.2. The number of hydrogen-bond donors (Lipinski definition) is 0. The van der Waals surface area contributed by atoms with Crippen LogP contribution in [0, 0.1) is 0 Å². The van der Waals surface area contributed by atoms with Gasteiger partial charge in [-0.15, -0.1) is 6.58 Å². The molecule has 0 aromatic heterocycles. The van der Waals surface area contributed by atoms with Crippen LogP contribution in [0.25, 0.3) is 0 Å². The maximum Gasteiger partial charge on any atom is 0.263 e. The van der Waals surface area contributed by atoms with Crippen molar-refractivity contribution in [2.24, 2.45) is 0 Å². The lowest BCUT2D eigenvalue weighted by Gasteiger charge is -2.07. The monoisotopic (exact) mass is 142 g/mol. The molecule has 0 saturated carbocycles. The van der Waals surface area contributed by atoms with E-state index in [4.69, 9.17) is 4.43 Å². The minimum atomic E-state index is 0.389. The highest BCUT2D eigenvalue weighted by Gasteiger charge is 1.97. The van der Waals surface area contributed by atoms with Gasteiger partial charge in [-0.3, -0.25) is 0 Å². The molecule has 0 N–H and O–H groups in total. The lowest BCUT2D eigenvalue weighted by molar-refractivity contribution is 0.231. The second-order valence-corrected chi connectivity index (χ2v) is 3.51. The van der Waals surface area contributed by atoms with E-state index in [9.17, 15) is 0 Å². The summed E-state index contributed by atoms with van der Waals surface area (Å²) in [7, 11) is 0.481. The SMILES string of the molecule is C=C(C)[Si]OC(C)CC. The van der Waals surface area contributed by atoms with Crippen LogP contribution in [0.2, 0.25) is 0 Å². The van der Waals surface area contributed by atoms with Gasteiger partial charge in [0.25, 0.3) is 9.76 Å². The lowest BCUT2D eigenvalue weighted by atomic mass is 10.3. The van der Waals surface area contributed by atoms with Crippen LogP contribution in [-0.4, -0.2) is 15.9 Å². The van der Waals surface area contributed by atoms with E-state index in [0.29, 0.717) is 15.9 Å². The van der Waals surface area contributed by atoms with Gasteiger partial charge in [0.2, 0.25) is 0 Å². The van der Waals surface area contributed by atoms with Gasteiger partial charge < -0.3 is 4.43 Å². The first-order valence-corrected chi connectivity index (χ1v) is 4.14. The van der Waals surface area contributed by atoms with Gasteiger partial charge in [0.1, 0.15) is 0 Å². The van der Waals surface area contributed by atoms with Crippen molar-refractivity contribution in [1.82, 2.24) is 0 Å². The van der Waals surface area contributed by atoms with Gasteiger partial charge in [0.15, 0.2) is 0 Å². The fourth-order valence-electron chi connectivity index (χ4n) is 0.285. The van der Waals surface area contributed by atoms with Gasteiger partial charge in [-0.2, -0.15) is 0 Å². The third kappa shape index (κ3) is 5.79. The topological polar surface area (TPSA) is 9.23 Å². The zero-order valence-electron chi connectivity index (χ0n) is 6.40. The third-order valence-electron chi connectivity index (χ3n) is 1.01. The Morgan fingerprint density at radius 2 is 2.33 bits per heavy atom. The number of rotatable bonds is 4. The summed E-state index contributed by atoms with van der Waals surface area (Å²) in [6.45, 7) is 9.93. The Hall–Kier alpha value is -0.0831. The zero-order chi connectivity index (χ0) is 7.28. The summed E-state index contributed by atoms with van der Waals surface area (Å²) in [6, 6.07) is 0. The van der Waals surface area contributed by atoms with Crippen molar-refractivity contribution < 1.29 is 4.43 Å². The summed E-state index contributed by atoms with van der Waals surface area (Å²) < 4.78 is 5.38. The average Bonchev–Trinajstić information content (AvgIpc) is 1.83. The average molecular weight is 142 g/mol. The normalized spacial score (nSPS) is 13.2. The molecule has 0 saturated heterocycles. The van der Waals surface area contributed by atoms with Crippen molar-refractivity contribution in [3.63, 3.8) is 0 Å². The molecule has 0 aliphatic carbocycles. The fourth-order valence-corrected chi connectivity index (χ4v) is 0.854. The Balaban J connectivity index is 3.16. The molecule has 1 atom stereocenters. The lowest BCUT2D eigenvalue weighted by Crippen LogP contribution is -2.10. The Morgan fingerprint density at radius 1 is 1.78 bits per heavy atom. The molecule has 0 aliphatic rings. The quantitative estimate of drug-likeness (QED) is 0.545. The van der Waals surface area contributed by atoms with E-state index in [1.54, 1.807) is 0 Å². The first kappa shape index (κ1) is 8.92. The van der Waals surface area contributed by atoms with Crippen molar-refractivity contribution in [2.45, 2.75) is 33.3 Å². The summed E-state index contributed by atoms with van der Waals surface area (Å²) in [5.41, 5.74) is 0. The van der Waals surface area contributed by atoms with Crippen molar-refractivity contribution in [2.75, 3.05) is 0 Å². The smallest absolute Gasteiger partial charge is 0.263 e. The molecule has 0 bridgehead atoms. The van der Waals surface area contributed by atoms with Crippen LogP contribution in [0.3, 0.4) is 0 Å². The molecule has 2 heteroatoms. The molecule has 9 heavy (non-hydrogen) atoms. The molecule has 0 aromatic rings. The van der Waals surface area contributed by atoms with Crippen molar-refractivity contribution in [3.8, 4) is 0 Å². The summed E-state index contributed by atoms with van der Waals surface area (Å²) in [6.07, 6.45) is 1.47. The Morgan fingerprint density at radius 3 is 2.67 bits per heavy atom. The Kier molecular flexibility index (Phi) is 4.72. The van der Waals surface area contributed by atoms with Crippen molar-refractivity contribution >= 4 is 9.76 Å². The number of allylic oxidation sites excluding steroid dienone is 1. The molecule has 0 heterocycles. The van der Waals surface area contributed by atoms with Gasteiger partial charge in [-0.25, -0.2) is 0 Å². The van der Waals surface area contributed by atoms with E-state index < -0.39 is 0 Å². The first-order valence-electron chi connectivity index (χ1n) is 3.24. The largest absolute Gasteiger partial charge is 0.409 e. The van der Waals surface area contributed by atoms with E-state index in [0.717, 1.165) is 11.6 Å². The molecule has 52 valence electrons. The molecular weight excluding hydrogens is 128 g/mol. The highest BCUT2D eigenvalue weighted by molar-refractivity contribution is 6.37. The van der Waals surface area contributed by atoms with Gasteiger partial charge in [-0.1, -0.05) is 12.1 Å². The molecule has 0 aromatic carbocycles. The van der Waals surface area contributed by atoms with E-state index in [-0.39, 0.29) is 0 Å². The number of hydrogen-bond acceptors (Lipinski definition) is 1. The second kappa shape index (κ2) is 4.76. The van der Waals surface area contributed by atoms with Crippen LogP contribution in [0.15, 0.2) is 11.8 Å². The Bertz CT molecular complexity index is 90.9. The molecule has 1 nitrogen and oxygen atoms in total. The molecule has 1 unspecified atom stereocenters. The van der Waals surface area contributed by atoms with E-state index in [1.807, 2.05) is 6.92 Å². The van der Waals surface area contributed by atoms with Gasteiger partial charge in [0, 0.05) is 6.10 Å². The van der Waals surface area contributed by atoms with Crippen molar-refractivity contribution in [3.05, 3.63) is 11.8 Å². The van der Waals surface area contributed by atoms with Crippen LogP contribution in [0.1, 0.15) is 27.2 Å². The minimum absolute atomic E-state index is 0.389. The molecule has 0 spiro atoms. The molecule has 0 amide bonds. The predicted molar refractivity (Wildman–Crippen MR) is 41.4 cm³/mol. The van der Waals surface area contributed by atoms with Crippen LogP contribution >= 0.6 is 0 Å². The second-order valence-electron chi connectivity index (χ2n) is 2.22. The van der Waals surface area contributed by atoms with Gasteiger partial charge >= 0.3 is 0 Å². The molecule has 0 rings (SSSR count). The minimum Gasteiger partial charge on any atom is -0.409 e. The first-order chi connectivity index (χ1) is 4.16. The van der Waals surface area contributed by atoms with Crippen LogP contribution in [0.5, 0.6) is 0 Å². The van der Waals surface area contributed by atoms with Crippen LogP contribution in [0.4, 0.5) is 0 Å². The van der Waals surface area contributed by atoms with E-state index in [2.05, 4.69) is 20.4 Å². The van der Waals surface area contributed by atoms with Crippen LogP contribution < -0.4 is 0 Å². The summed E-state index contributed by atoms with van der Waals surface area (Å²) >= 11 is 0. The standard InChI is InChI=1S/C7H14OSi/c1-5-7(4)8-9-6(2)3/h7H,2,5H2,1,3-4H3. The molecular formula is C7H14OSi. The van der Waals surface area contributed by atoms with Gasteiger partial charge in [0.05, 0.1) is 0 Å². The molecule has 0 fully saturated rings. The third-order valence-corrected chi connectivity index (χ3v) is 1.88. The van der Waals surface area contributed by atoms with Crippen LogP contribution in [-0.2, 0) is 4.43 Å². The fraction of sp³-hybridized carbons (Fsp3) is 0.714. The molecule has 0 aliphatic heterocycles. The van der Waals surface area contributed by atoms with E-state index in [1.165, 1.54) is 0 Å². The Labute approximate surface area is 60.1 Å². The van der Waals surface area contributed by atoms with E-state index >= 15 is 0 Å². The molecule has 2 radical (unpaired) electrons. The van der Waals surface area contributed by atoms with Crippen molar-refractivity contribution in [1.29, 1.82) is 0 Å². The maximum absolute atomic E-state index is 5.38. The predicted octanol–water partition coefficient (Wildman–Crippen LogP) is 1.95. The maximum atomic E-state index is 5.38. The summed E-state index contributed by atoms with van der Waals surface area (Å²) in [5.74, 6) is 0. The van der Waals surface area contributed by atoms with Gasteiger partial charge in [-0.05, 0) is 20.3 Å².